The van der Waals surface area contributed by atoms with Crippen molar-refractivity contribution in [2.75, 3.05) is 0 Å². The summed E-state index contributed by atoms with van der Waals surface area (Å²) in [4.78, 5) is 12.0. The zero-order chi connectivity index (χ0) is 16.1. The van der Waals surface area contributed by atoms with Crippen LogP contribution in [0.1, 0.15) is 15.9 Å². The molecular weight excluding hydrogens is 286 g/mol. The second-order valence-electron chi connectivity index (χ2n) is 5.29. The average Bonchev–Trinajstić information content (AvgIpc) is 2.61. The van der Waals surface area contributed by atoms with Crippen molar-refractivity contribution in [3.63, 3.8) is 0 Å². The highest BCUT2D eigenvalue weighted by Crippen LogP contribution is 2.22. The number of phenols is 1. The van der Waals surface area contributed by atoms with Gasteiger partial charge in [-0.25, -0.2) is 0 Å². The Morgan fingerprint density at radius 2 is 1.35 bits per heavy atom. The number of rotatable bonds is 4. The van der Waals surface area contributed by atoms with Crippen LogP contribution in [0.2, 0.25) is 0 Å². The number of nitrogens with one attached hydrogen (secondary N) is 1. The summed E-state index contributed by atoms with van der Waals surface area (Å²) in [5.74, 6) is 0.183. The van der Waals surface area contributed by atoms with Crippen molar-refractivity contribution in [2.45, 2.75) is 6.54 Å². The zero-order valence-electron chi connectivity index (χ0n) is 12.6. The Kier molecular flexibility index (Phi) is 4.39. The highest BCUT2D eigenvalue weighted by molar-refractivity contribution is 5.94. The SMILES string of the molecule is O=C(NCc1ccc(-c2ccc(O)cc2)cc1)c1ccccc1. The Bertz CT molecular complexity index is 778. The minimum Gasteiger partial charge on any atom is -0.508 e. The number of amides is 1. The van der Waals surface area contributed by atoms with Crippen molar-refractivity contribution >= 4 is 5.91 Å². The van der Waals surface area contributed by atoms with Crippen molar-refractivity contribution in [3.05, 3.63) is 90.0 Å². The Balaban J connectivity index is 1.64. The first-order chi connectivity index (χ1) is 11.2. The van der Waals surface area contributed by atoms with Crippen LogP contribution in [0, 0.1) is 0 Å². The van der Waals surface area contributed by atoms with Crippen molar-refractivity contribution in [3.8, 4) is 16.9 Å². The van der Waals surface area contributed by atoms with Crippen LogP contribution >= 0.6 is 0 Å². The summed E-state index contributed by atoms with van der Waals surface area (Å²) < 4.78 is 0. The number of hydrogen-bond donors (Lipinski definition) is 2. The van der Waals surface area contributed by atoms with Gasteiger partial charge in [0.2, 0.25) is 0 Å². The summed E-state index contributed by atoms with van der Waals surface area (Å²) in [5.41, 5.74) is 3.82. The van der Waals surface area contributed by atoms with Crippen LogP contribution in [0.3, 0.4) is 0 Å². The van der Waals surface area contributed by atoms with E-state index in [4.69, 9.17) is 0 Å². The predicted molar refractivity (Wildman–Crippen MR) is 91.2 cm³/mol. The number of hydrogen-bond acceptors (Lipinski definition) is 2. The molecule has 0 bridgehead atoms. The lowest BCUT2D eigenvalue weighted by atomic mass is 10.0. The summed E-state index contributed by atoms with van der Waals surface area (Å²) in [6, 6.07) is 24.3. The van der Waals surface area contributed by atoms with Gasteiger partial charge >= 0.3 is 0 Å². The van der Waals surface area contributed by atoms with Crippen molar-refractivity contribution < 1.29 is 9.90 Å². The van der Waals surface area contributed by atoms with Crippen LogP contribution in [0.4, 0.5) is 0 Å². The number of benzene rings is 3. The molecule has 0 aromatic heterocycles. The summed E-state index contributed by atoms with van der Waals surface area (Å²) in [7, 11) is 0. The van der Waals surface area contributed by atoms with Crippen LogP contribution < -0.4 is 5.32 Å². The monoisotopic (exact) mass is 303 g/mol. The molecule has 0 aliphatic heterocycles. The number of carbonyl (C=O) groups is 1. The molecule has 0 unspecified atom stereocenters. The molecule has 3 rings (SSSR count). The van der Waals surface area contributed by atoms with E-state index in [9.17, 15) is 9.90 Å². The first-order valence-corrected chi connectivity index (χ1v) is 7.44. The van der Waals surface area contributed by atoms with Gasteiger partial charge in [-0.15, -0.1) is 0 Å². The molecule has 0 atom stereocenters. The molecule has 0 saturated carbocycles. The molecule has 0 heterocycles. The fourth-order valence-corrected chi connectivity index (χ4v) is 2.34. The molecule has 3 aromatic carbocycles. The van der Waals surface area contributed by atoms with E-state index in [1.54, 1.807) is 24.3 Å². The second-order valence-corrected chi connectivity index (χ2v) is 5.29. The third-order valence-electron chi connectivity index (χ3n) is 3.64. The van der Waals surface area contributed by atoms with Crippen molar-refractivity contribution in [2.24, 2.45) is 0 Å². The summed E-state index contributed by atoms with van der Waals surface area (Å²) in [5, 5.41) is 12.2. The van der Waals surface area contributed by atoms with E-state index >= 15 is 0 Å². The fraction of sp³-hybridized carbons (Fsp3) is 0.0500. The predicted octanol–water partition coefficient (Wildman–Crippen LogP) is 3.99. The highest BCUT2D eigenvalue weighted by atomic mass is 16.3. The molecule has 0 spiro atoms. The van der Waals surface area contributed by atoms with Gasteiger partial charge < -0.3 is 10.4 Å². The van der Waals surface area contributed by atoms with Crippen molar-refractivity contribution in [1.29, 1.82) is 0 Å². The Morgan fingerprint density at radius 3 is 1.96 bits per heavy atom. The molecule has 0 aliphatic carbocycles. The number of carbonyl (C=O) groups excluding carboxylic acids is 1. The molecule has 0 aliphatic rings. The molecule has 114 valence electrons. The molecule has 23 heavy (non-hydrogen) atoms. The summed E-state index contributed by atoms with van der Waals surface area (Å²) in [6.45, 7) is 0.490. The normalized spacial score (nSPS) is 10.3. The van der Waals surface area contributed by atoms with Crippen LogP contribution in [0.25, 0.3) is 11.1 Å². The third kappa shape index (κ3) is 3.77. The minimum atomic E-state index is -0.0757. The van der Waals surface area contributed by atoms with Gasteiger partial charge in [-0.2, -0.15) is 0 Å². The first kappa shape index (κ1) is 14.9. The third-order valence-corrected chi connectivity index (χ3v) is 3.64. The van der Waals surface area contributed by atoms with Gasteiger partial charge in [0.25, 0.3) is 5.91 Å². The van der Waals surface area contributed by atoms with E-state index < -0.39 is 0 Å². The van der Waals surface area contributed by atoms with Crippen LogP contribution in [0.15, 0.2) is 78.9 Å². The smallest absolute Gasteiger partial charge is 0.251 e. The van der Waals surface area contributed by atoms with E-state index in [1.165, 1.54) is 0 Å². The molecule has 0 fully saturated rings. The Labute approximate surface area is 135 Å². The van der Waals surface area contributed by atoms with Gasteiger partial charge in [0.05, 0.1) is 0 Å². The fourth-order valence-electron chi connectivity index (χ4n) is 2.34. The Morgan fingerprint density at radius 1 is 0.783 bits per heavy atom. The van der Waals surface area contributed by atoms with E-state index in [0.717, 1.165) is 16.7 Å². The van der Waals surface area contributed by atoms with Crippen LogP contribution in [0.5, 0.6) is 5.75 Å². The Hall–Kier alpha value is -3.07. The maximum atomic E-state index is 12.0. The molecule has 1 amide bonds. The molecule has 0 saturated heterocycles. The van der Waals surface area contributed by atoms with Crippen LogP contribution in [-0.2, 0) is 6.54 Å². The molecule has 3 aromatic rings. The number of aromatic hydroxyl groups is 1. The summed E-state index contributed by atoms with van der Waals surface area (Å²) >= 11 is 0. The molecule has 0 radical (unpaired) electrons. The zero-order valence-corrected chi connectivity index (χ0v) is 12.6. The minimum absolute atomic E-state index is 0.0757. The van der Waals surface area contributed by atoms with Gasteiger partial charge in [-0.05, 0) is 41.0 Å². The van der Waals surface area contributed by atoms with E-state index in [1.807, 2.05) is 54.6 Å². The van der Waals surface area contributed by atoms with Gasteiger partial charge in [0.1, 0.15) is 5.75 Å². The van der Waals surface area contributed by atoms with E-state index in [0.29, 0.717) is 12.1 Å². The number of phenolic OH excluding ortho intramolecular Hbond substituents is 1. The largest absolute Gasteiger partial charge is 0.508 e. The quantitative estimate of drug-likeness (QED) is 0.765. The van der Waals surface area contributed by atoms with E-state index in [2.05, 4.69) is 5.32 Å². The standard InChI is InChI=1S/C20H17NO2/c22-19-12-10-17(11-13-19)16-8-6-15(7-9-16)14-21-20(23)18-4-2-1-3-5-18/h1-13,22H,14H2,(H,21,23). The van der Waals surface area contributed by atoms with Crippen molar-refractivity contribution in [1.82, 2.24) is 5.32 Å². The van der Waals surface area contributed by atoms with Crippen LogP contribution in [-0.4, -0.2) is 11.0 Å². The second kappa shape index (κ2) is 6.79. The van der Waals surface area contributed by atoms with Gasteiger partial charge in [-0.1, -0.05) is 54.6 Å². The van der Waals surface area contributed by atoms with Gasteiger partial charge in [-0.3, -0.25) is 4.79 Å². The van der Waals surface area contributed by atoms with Gasteiger partial charge in [0, 0.05) is 12.1 Å². The maximum absolute atomic E-state index is 12.0. The topological polar surface area (TPSA) is 49.3 Å². The maximum Gasteiger partial charge on any atom is 0.251 e. The van der Waals surface area contributed by atoms with Gasteiger partial charge in [0.15, 0.2) is 0 Å². The lowest BCUT2D eigenvalue weighted by Crippen LogP contribution is -2.22. The molecular formula is C20H17NO2. The average molecular weight is 303 g/mol. The molecule has 3 heteroatoms. The lowest BCUT2D eigenvalue weighted by molar-refractivity contribution is 0.0951. The lowest BCUT2D eigenvalue weighted by Gasteiger charge is -2.07. The summed E-state index contributed by atoms with van der Waals surface area (Å²) in [6.07, 6.45) is 0. The molecule has 3 nitrogen and oxygen atoms in total. The molecule has 2 N–H and O–H groups in total. The first-order valence-electron chi connectivity index (χ1n) is 7.44. The highest BCUT2D eigenvalue weighted by Gasteiger charge is 2.04. The van der Waals surface area contributed by atoms with E-state index in [-0.39, 0.29) is 11.7 Å².